The minimum atomic E-state index is 0.706. The Kier molecular flexibility index (Phi) is 4.16. The van der Waals surface area contributed by atoms with Gasteiger partial charge in [-0.3, -0.25) is 0 Å². The van der Waals surface area contributed by atoms with Crippen LogP contribution in [-0.2, 0) is 5.75 Å². The lowest BCUT2D eigenvalue weighted by molar-refractivity contribution is 0.426. The smallest absolute Gasteiger partial charge is 0.167 e. The molecule has 2 heterocycles. The van der Waals surface area contributed by atoms with Gasteiger partial charge in [0.25, 0.3) is 0 Å². The standard InChI is InChI=1S/C19H15N3OS/c1-3-7-14(8-4-1)17-12-20-19(21-17)24-13-16-11-18(23-22-16)15-9-5-2-6-10-15/h1-12H,13H2,(H,20,21). The van der Waals surface area contributed by atoms with Crippen molar-refractivity contribution in [2.45, 2.75) is 10.9 Å². The maximum atomic E-state index is 5.42. The van der Waals surface area contributed by atoms with Crippen molar-refractivity contribution >= 4 is 11.8 Å². The minimum Gasteiger partial charge on any atom is -0.356 e. The number of imidazole rings is 1. The number of hydrogen-bond donors (Lipinski definition) is 1. The van der Waals surface area contributed by atoms with Crippen molar-refractivity contribution in [3.05, 3.63) is 78.6 Å². The Labute approximate surface area is 143 Å². The molecule has 0 saturated heterocycles. The molecule has 0 radical (unpaired) electrons. The molecule has 118 valence electrons. The predicted molar refractivity (Wildman–Crippen MR) is 95.5 cm³/mol. The van der Waals surface area contributed by atoms with E-state index in [-0.39, 0.29) is 0 Å². The molecule has 0 fully saturated rings. The molecule has 4 nitrogen and oxygen atoms in total. The van der Waals surface area contributed by atoms with Crippen LogP contribution in [0.5, 0.6) is 0 Å². The first kappa shape index (κ1) is 14.8. The van der Waals surface area contributed by atoms with Gasteiger partial charge in [-0.25, -0.2) is 4.98 Å². The first-order valence-corrected chi connectivity index (χ1v) is 8.61. The van der Waals surface area contributed by atoms with Gasteiger partial charge in [0.05, 0.1) is 17.6 Å². The molecular formula is C19H15N3OS. The summed E-state index contributed by atoms with van der Waals surface area (Å²) in [6, 6.07) is 22.1. The quantitative estimate of drug-likeness (QED) is 0.521. The van der Waals surface area contributed by atoms with Crippen LogP contribution >= 0.6 is 11.8 Å². The Morgan fingerprint density at radius 1 is 0.917 bits per heavy atom. The Morgan fingerprint density at radius 3 is 2.38 bits per heavy atom. The molecule has 0 saturated carbocycles. The Balaban J connectivity index is 1.43. The van der Waals surface area contributed by atoms with Gasteiger partial charge < -0.3 is 9.51 Å². The number of aromatic amines is 1. The number of hydrogen-bond acceptors (Lipinski definition) is 4. The summed E-state index contributed by atoms with van der Waals surface area (Å²) in [5.41, 5.74) is 4.08. The summed E-state index contributed by atoms with van der Waals surface area (Å²) in [6.45, 7) is 0. The highest BCUT2D eigenvalue weighted by molar-refractivity contribution is 7.98. The third-order valence-electron chi connectivity index (χ3n) is 3.61. The molecule has 0 atom stereocenters. The van der Waals surface area contributed by atoms with Gasteiger partial charge >= 0.3 is 0 Å². The van der Waals surface area contributed by atoms with E-state index in [4.69, 9.17) is 4.52 Å². The lowest BCUT2D eigenvalue weighted by Crippen LogP contribution is -1.81. The second kappa shape index (κ2) is 6.76. The van der Waals surface area contributed by atoms with E-state index in [0.717, 1.165) is 33.4 Å². The number of H-pyrrole nitrogens is 1. The second-order valence-electron chi connectivity index (χ2n) is 5.31. The maximum Gasteiger partial charge on any atom is 0.167 e. The van der Waals surface area contributed by atoms with Gasteiger partial charge in [-0.1, -0.05) is 77.6 Å². The van der Waals surface area contributed by atoms with Crippen molar-refractivity contribution in [3.8, 4) is 22.6 Å². The fourth-order valence-electron chi connectivity index (χ4n) is 2.40. The normalized spacial score (nSPS) is 10.8. The van der Waals surface area contributed by atoms with Crippen molar-refractivity contribution in [2.75, 3.05) is 0 Å². The number of thioether (sulfide) groups is 1. The number of nitrogens with one attached hydrogen (secondary N) is 1. The molecule has 0 bridgehead atoms. The van der Waals surface area contributed by atoms with Gasteiger partial charge in [0.1, 0.15) is 0 Å². The van der Waals surface area contributed by atoms with Gasteiger partial charge in [-0.05, 0) is 5.56 Å². The van der Waals surface area contributed by atoms with Crippen LogP contribution in [0.4, 0.5) is 0 Å². The van der Waals surface area contributed by atoms with Crippen molar-refractivity contribution in [1.82, 2.24) is 15.1 Å². The molecule has 1 N–H and O–H groups in total. The molecule has 0 unspecified atom stereocenters. The average Bonchev–Trinajstić information content (AvgIpc) is 3.31. The van der Waals surface area contributed by atoms with Crippen molar-refractivity contribution in [1.29, 1.82) is 0 Å². The molecule has 0 aliphatic carbocycles. The van der Waals surface area contributed by atoms with Crippen LogP contribution in [0.2, 0.25) is 0 Å². The van der Waals surface area contributed by atoms with E-state index in [1.165, 1.54) is 0 Å². The summed E-state index contributed by atoms with van der Waals surface area (Å²) < 4.78 is 5.42. The fourth-order valence-corrected chi connectivity index (χ4v) is 3.13. The van der Waals surface area contributed by atoms with Crippen LogP contribution in [0.25, 0.3) is 22.6 Å². The first-order chi connectivity index (χ1) is 11.9. The summed E-state index contributed by atoms with van der Waals surface area (Å²) in [7, 11) is 0. The molecule has 5 heteroatoms. The van der Waals surface area contributed by atoms with E-state index in [1.54, 1.807) is 11.8 Å². The van der Waals surface area contributed by atoms with E-state index < -0.39 is 0 Å². The SMILES string of the molecule is c1ccc(-c2cnc(SCc3cc(-c4ccccc4)on3)[nH]2)cc1. The zero-order chi connectivity index (χ0) is 16.2. The monoisotopic (exact) mass is 333 g/mol. The zero-order valence-corrected chi connectivity index (χ0v) is 13.7. The van der Waals surface area contributed by atoms with Crippen LogP contribution in [-0.4, -0.2) is 15.1 Å². The van der Waals surface area contributed by atoms with E-state index in [9.17, 15) is 0 Å². The third kappa shape index (κ3) is 3.26. The predicted octanol–water partition coefficient (Wildman–Crippen LogP) is 5.02. The van der Waals surface area contributed by atoms with Crippen LogP contribution < -0.4 is 0 Å². The van der Waals surface area contributed by atoms with Crippen molar-refractivity contribution in [2.24, 2.45) is 0 Å². The summed E-state index contributed by atoms with van der Waals surface area (Å²) in [5.74, 6) is 1.49. The summed E-state index contributed by atoms with van der Waals surface area (Å²) >= 11 is 1.61. The Hall–Kier alpha value is -2.79. The van der Waals surface area contributed by atoms with Gasteiger partial charge in [0.15, 0.2) is 10.9 Å². The fraction of sp³-hybridized carbons (Fsp3) is 0.0526. The maximum absolute atomic E-state index is 5.42. The highest BCUT2D eigenvalue weighted by Gasteiger charge is 2.08. The number of benzene rings is 2. The van der Waals surface area contributed by atoms with E-state index >= 15 is 0 Å². The second-order valence-corrected chi connectivity index (χ2v) is 6.27. The van der Waals surface area contributed by atoms with Crippen LogP contribution in [0.3, 0.4) is 0 Å². The largest absolute Gasteiger partial charge is 0.356 e. The van der Waals surface area contributed by atoms with E-state index in [2.05, 4.69) is 27.3 Å². The van der Waals surface area contributed by atoms with Crippen LogP contribution in [0.1, 0.15) is 5.69 Å². The van der Waals surface area contributed by atoms with E-state index in [1.807, 2.05) is 60.8 Å². The average molecular weight is 333 g/mol. The molecule has 4 rings (SSSR count). The number of nitrogens with zero attached hydrogens (tertiary/aromatic N) is 2. The van der Waals surface area contributed by atoms with Gasteiger partial charge in [0.2, 0.25) is 0 Å². The molecular weight excluding hydrogens is 318 g/mol. The Bertz CT molecular complexity index is 838. The zero-order valence-electron chi connectivity index (χ0n) is 12.8. The molecule has 0 amide bonds. The van der Waals surface area contributed by atoms with Crippen molar-refractivity contribution in [3.63, 3.8) is 0 Å². The molecule has 2 aromatic heterocycles. The molecule has 4 aromatic rings. The summed E-state index contributed by atoms with van der Waals surface area (Å²) in [4.78, 5) is 7.75. The van der Waals surface area contributed by atoms with Crippen LogP contribution in [0.15, 0.2) is 82.6 Å². The lowest BCUT2D eigenvalue weighted by atomic mass is 10.2. The highest BCUT2D eigenvalue weighted by Crippen LogP contribution is 2.26. The first-order valence-electron chi connectivity index (χ1n) is 7.63. The Morgan fingerprint density at radius 2 is 1.62 bits per heavy atom. The van der Waals surface area contributed by atoms with Gasteiger partial charge in [-0.2, -0.15) is 0 Å². The van der Waals surface area contributed by atoms with Gasteiger partial charge in [0, 0.05) is 17.4 Å². The van der Waals surface area contributed by atoms with Crippen molar-refractivity contribution < 1.29 is 4.52 Å². The lowest BCUT2D eigenvalue weighted by Gasteiger charge is -1.96. The minimum absolute atomic E-state index is 0.706. The van der Waals surface area contributed by atoms with E-state index in [0.29, 0.717) is 5.75 Å². The summed E-state index contributed by atoms with van der Waals surface area (Å²) in [5, 5.41) is 5.01. The number of rotatable bonds is 5. The summed E-state index contributed by atoms with van der Waals surface area (Å²) in [6.07, 6.45) is 1.86. The highest BCUT2D eigenvalue weighted by atomic mass is 32.2. The molecule has 2 aromatic carbocycles. The topological polar surface area (TPSA) is 54.7 Å². The molecule has 0 spiro atoms. The van der Waals surface area contributed by atoms with Crippen LogP contribution in [0, 0.1) is 0 Å². The number of aromatic nitrogens is 3. The third-order valence-corrected chi connectivity index (χ3v) is 4.53. The van der Waals surface area contributed by atoms with Gasteiger partial charge in [-0.15, -0.1) is 0 Å². The molecule has 24 heavy (non-hydrogen) atoms. The molecule has 0 aliphatic heterocycles. The molecule has 0 aliphatic rings.